The quantitative estimate of drug-likeness (QED) is 0.354. The number of rotatable bonds is 6. The molecule has 1 fully saturated rings. The number of halogens is 2. The SMILES string of the molecule is COCCOc1ccn2c(-c3ccc4cccc(N5CCC(N)C(F)C5F)c4n3)cnc2c1. The predicted molar refractivity (Wildman–Crippen MR) is 123 cm³/mol. The largest absolute Gasteiger partial charge is 0.491 e. The first-order valence-electron chi connectivity index (χ1n) is 10.9. The van der Waals surface area contributed by atoms with Gasteiger partial charge in [-0.25, -0.2) is 18.7 Å². The number of anilines is 1. The van der Waals surface area contributed by atoms with Gasteiger partial charge in [-0.3, -0.25) is 4.40 Å². The molecule has 172 valence electrons. The maximum Gasteiger partial charge on any atom is 0.205 e. The van der Waals surface area contributed by atoms with E-state index in [0.29, 0.717) is 54.5 Å². The second-order valence-electron chi connectivity index (χ2n) is 8.08. The van der Waals surface area contributed by atoms with Gasteiger partial charge in [0.15, 0.2) is 6.17 Å². The number of nitrogens with zero attached hydrogens (tertiary/aromatic N) is 4. The number of para-hydroxylation sites is 1. The van der Waals surface area contributed by atoms with Gasteiger partial charge in [0, 0.05) is 37.3 Å². The van der Waals surface area contributed by atoms with E-state index in [0.717, 1.165) is 11.1 Å². The number of aromatic nitrogens is 3. The van der Waals surface area contributed by atoms with E-state index in [1.54, 1.807) is 19.4 Å². The van der Waals surface area contributed by atoms with Crippen LogP contribution in [0.5, 0.6) is 5.75 Å². The van der Waals surface area contributed by atoms with Crippen molar-refractivity contribution in [2.24, 2.45) is 5.73 Å². The van der Waals surface area contributed by atoms with Crippen LogP contribution in [0.15, 0.2) is 54.9 Å². The molecule has 0 spiro atoms. The average Bonchev–Trinajstić information content (AvgIpc) is 3.26. The van der Waals surface area contributed by atoms with Crippen molar-refractivity contribution in [2.75, 3.05) is 31.8 Å². The lowest BCUT2D eigenvalue weighted by atomic mass is 10.0. The highest BCUT2D eigenvalue weighted by molar-refractivity contribution is 5.92. The second kappa shape index (κ2) is 8.92. The van der Waals surface area contributed by atoms with E-state index in [1.165, 1.54) is 4.90 Å². The topological polar surface area (TPSA) is 77.9 Å². The fourth-order valence-corrected chi connectivity index (χ4v) is 4.19. The molecule has 0 radical (unpaired) electrons. The highest BCUT2D eigenvalue weighted by atomic mass is 19.2. The van der Waals surface area contributed by atoms with Gasteiger partial charge in [-0.1, -0.05) is 18.2 Å². The summed E-state index contributed by atoms with van der Waals surface area (Å²) in [7, 11) is 1.62. The van der Waals surface area contributed by atoms with Crippen molar-refractivity contribution < 1.29 is 18.3 Å². The lowest BCUT2D eigenvalue weighted by Crippen LogP contribution is -2.54. The van der Waals surface area contributed by atoms with E-state index >= 15 is 0 Å². The van der Waals surface area contributed by atoms with Gasteiger partial charge in [0.05, 0.1) is 35.4 Å². The fraction of sp³-hybridized carbons (Fsp3) is 0.333. The van der Waals surface area contributed by atoms with E-state index < -0.39 is 18.5 Å². The number of methoxy groups -OCH3 is 1. The van der Waals surface area contributed by atoms with Crippen molar-refractivity contribution in [2.45, 2.75) is 24.9 Å². The molecular formula is C24H25F2N5O2. The van der Waals surface area contributed by atoms with Crippen LogP contribution in [0.4, 0.5) is 14.5 Å². The van der Waals surface area contributed by atoms with Crippen LogP contribution in [0, 0.1) is 0 Å². The Hall–Kier alpha value is -3.30. The normalized spacial score (nSPS) is 21.1. The van der Waals surface area contributed by atoms with Crippen molar-refractivity contribution in [1.29, 1.82) is 0 Å². The molecule has 0 saturated carbocycles. The van der Waals surface area contributed by atoms with E-state index in [2.05, 4.69) is 4.98 Å². The zero-order valence-corrected chi connectivity index (χ0v) is 18.2. The highest BCUT2D eigenvalue weighted by Crippen LogP contribution is 2.33. The summed E-state index contributed by atoms with van der Waals surface area (Å²) in [4.78, 5) is 10.7. The van der Waals surface area contributed by atoms with Crippen molar-refractivity contribution >= 4 is 22.2 Å². The molecule has 0 aliphatic carbocycles. The fourth-order valence-electron chi connectivity index (χ4n) is 4.19. The van der Waals surface area contributed by atoms with Gasteiger partial charge in [-0.05, 0) is 24.6 Å². The molecule has 0 bridgehead atoms. The zero-order valence-electron chi connectivity index (χ0n) is 18.2. The zero-order chi connectivity index (χ0) is 22.9. The number of alkyl halides is 2. The van der Waals surface area contributed by atoms with Crippen molar-refractivity contribution in [3.8, 4) is 17.1 Å². The summed E-state index contributed by atoms with van der Waals surface area (Å²) in [5.74, 6) is 0.698. The molecule has 3 atom stereocenters. The molecule has 9 heteroatoms. The Morgan fingerprint density at radius 2 is 2.03 bits per heavy atom. The first kappa shape index (κ1) is 21.5. The maximum absolute atomic E-state index is 14.8. The molecule has 5 rings (SSSR count). The van der Waals surface area contributed by atoms with Gasteiger partial charge in [0.25, 0.3) is 0 Å². The van der Waals surface area contributed by atoms with Gasteiger partial charge >= 0.3 is 0 Å². The van der Waals surface area contributed by atoms with Crippen LogP contribution >= 0.6 is 0 Å². The molecule has 1 saturated heterocycles. The first-order chi connectivity index (χ1) is 16.1. The highest BCUT2D eigenvalue weighted by Gasteiger charge is 2.37. The van der Waals surface area contributed by atoms with Crippen LogP contribution < -0.4 is 15.4 Å². The summed E-state index contributed by atoms with van der Waals surface area (Å²) >= 11 is 0. The summed E-state index contributed by atoms with van der Waals surface area (Å²) in [6.45, 7) is 1.28. The maximum atomic E-state index is 14.8. The van der Waals surface area contributed by atoms with Gasteiger partial charge in [-0.2, -0.15) is 0 Å². The van der Waals surface area contributed by atoms with E-state index in [-0.39, 0.29) is 0 Å². The van der Waals surface area contributed by atoms with Crippen LogP contribution in [0.25, 0.3) is 27.9 Å². The van der Waals surface area contributed by atoms with Gasteiger partial charge in [0.1, 0.15) is 18.0 Å². The third-order valence-corrected chi connectivity index (χ3v) is 5.98. The summed E-state index contributed by atoms with van der Waals surface area (Å²) < 4.78 is 41.8. The predicted octanol–water partition coefficient (Wildman–Crippen LogP) is 3.75. The smallest absolute Gasteiger partial charge is 0.205 e. The van der Waals surface area contributed by atoms with Crippen molar-refractivity contribution in [3.05, 3.63) is 54.9 Å². The minimum atomic E-state index is -1.81. The Bertz CT molecular complexity index is 1280. The molecule has 33 heavy (non-hydrogen) atoms. The Balaban J connectivity index is 1.52. The number of imidazole rings is 1. The molecule has 1 aliphatic rings. The van der Waals surface area contributed by atoms with Crippen LogP contribution in [-0.2, 0) is 4.74 Å². The summed E-state index contributed by atoms with van der Waals surface area (Å²) in [6.07, 6.45) is 0.433. The molecule has 1 aromatic carbocycles. The van der Waals surface area contributed by atoms with Gasteiger partial charge < -0.3 is 20.1 Å². The molecule has 1 aliphatic heterocycles. The van der Waals surface area contributed by atoms with Crippen LogP contribution in [0.3, 0.4) is 0 Å². The molecule has 3 aromatic heterocycles. The number of ether oxygens (including phenoxy) is 2. The van der Waals surface area contributed by atoms with Gasteiger partial charge in [-0.15, -0.1) is 0 Å². The number of hydrogen-bond acceptors (Lipinski definition) is 6. The van der Waals surface area contributed by atoms with Crippen molar-refractivity contribution in [3.63, 3.8) is 0 Å². The third-order valence-electron chi connectivity index (χ3n) is 5.98. The Morgan fingerprint density at radius 3 is 2.88 bits per heavy atom. The van der Waals surface area contributed by atoms with Crippen LogP contribution in [0.1, 0.15) is 6.42 Å². The minimum absolute atomic E-state index is 0.329. The third kappa shape index (κ3) is 3.98. The first-order valence-corrected chi connectivity index (χ1v) is 10.9. The Morgan fingerprint density at radius 1 is 1.15 bits per heavy atom. The number of hydrogen-bond donors (Lipinski definition) is 1. The summed E-state index contributed by atoms with van der Waals surface area (Å²) in [5, 5.41) is 0.844. The standard InChI is InChI=1S/C24H25F2N5O2/c1-32-11-12-33-16-7-9-30-20(14-28-21(30)13-16)18-6-5-15-3-2-4-19(23(15)29-18)31-10-8-17(27)22(25)24(31)26/h2-7,9,13-14,17,22,24H,8,10-12,27H2,1H3. The lowest BCUT2D eigenvalue weighted by Gasteiger charge is -2.38. The molecule has 7 nitrogen and oxygen atoms in total. The number of benzene rings is 1. The molecule has 4 aromatic rings. The lowest BCUT2D eigenvalue weighted by molar-refractivity contribution is 0.111. The van der Waals surface area contributed by atoms with E-state index in [9.17, 15) is 8.78 Å². The van der Waals surface area contributed by atoms with Crippen molar-refractivity contribution in [1.82, 2.24) is 14.4 Å². The molecule has 2 N–H and O–H groups in total. The number of nitrogens with two attached hydrogens (primary N) is 1. The van der Waals surface area contributed by atoms with Gasteiger partial charge in [0.2, 0.25) is 6.30 Å². The van der Waals surface area contributed by atoms with Crippen LogP contribution in [-0.4, -0.2) is 59.7 Å². The molecule has 0 amide bonds. The number of fused-ring (bicyclic) bond motifs is 2. The second-order valence-corrected chi connectivity index (χ2v) is 8.08. The molecular weight excluding hydrogens is 428 g/mol. The number of piperidine rings is 1. The number of pyridine rings is 2. The van der Waals surface area contributed by atoms with E-state index in [4.69, 9.17) is 20.2 Å². The average molecular weight is 453 g/mol. The monoisotopic (exact) mass is 453 g/mol. The van der Waals surface area contributed by atoms with E-state index in [1.807, 2.05) is 47.0 Å². The Labute approximate surface area is 189 Å². The minimum Gasteiger partial charge on any atom is -0.491 e. The summed E-state index contributed by atoms with van der Waals surface area (Å²) in [5.41, 5.74) is 9.06. The molecule has 3 unspecified atom stereocenters. The summed E-state index contributed by atoms with van der Waals surface area (Å²) in [6, 6.07) is 12.2. The van der Waals surface area contributed by atoms with Crippen LogP contribution in [0.2, 0.25) is 0 Å². The molecule has 4 heterocycles. The Kier molecular flexibility index (Phi) is 5.82.